The Kier molecular flexibility index (Phi) is 4.71. The molecule has 1 fully saturated rings. The van der Waals surface area contributed by atoms with E-state index in [1.807, 2.05) is 36.2 Å². The second kappa shape index (κ2) is 7.03. The van der Waals surface area contributed by atoms with Crippen LogP contribution < -0.4 is 9.80 Å². The van der Waals surface area contributed by atoms with Gasteiger partial charge >= 0.3 is 5.97 Å². The molecule has 0 aliphatic carbocycles. The molecule has 27 heavy (non-hydrogen) atoms. The highest BCUT2D eigenvalue weighted by molar-refractivity contribution is 8.23. The summed E-state index contributed by atoms with van der Waals surface area (Å²) < 4.78 is 0.468. The summed E-state index contributed by atoms with van der Waals surface area (Å²) in [6, 6.07) is 14.2. The average Bonchev–Trinajstić information content (AvgIpc) is 2.99. The molecule has 1 amide bonds. The lowest BCUT2D eigenvalue weighted by Gasteiger charge is -2.30. The number of anilines is 2. The number of carbonyl (C=O) groups excluding carboxylic acids is 1. The van der Waals surface area contributed by atoms with Crippen molar-refractivity contribution in [3.8, 4) is 0 Å². The topological polar surface area (TPSA) is 60.9 Å². The Morgan fingerprint density at radius 3 is 2.52 bits per heavy atom. The van der Waals surface area contributed by atoms with Crippen LogP contribution in [-0.4, -0.2) is 34.1 Å². The van der Waals surface area contributed by atoms with Crippen LogP contribution in [0.1, 0.15) is 10.4 Å². The first-order chi connectivity index (χ1) is 13.0. The molecule has 0 bridgehead atoms. The number of rotatable bonds is 2. The van der Waals surface area contributed by atoms with E-state index >= 15 is 0 Å². The van der Waals surface area contributed by atoms with Gasteiger partial charge in [-0.2, -0.15) is 0 Å². The van der Waals surface area contributed by atoms with Gasteiger partial charge in [-0.1, -0.05) is 47.9 Å². The van der Waals surface area contributed by atoms with Gasteiger partial charge in [0.15, 0.2) is 0 Å². The van der Waals surface area contributed by atoms with Crippen molar-refractivity contribution < 1.29 is 14.7 Å². The fourth-order valence-corrected chi connectivity index (χ4v) is 5.46. The smallest absolute Gasteiger partial charge is 0.335 e. The largest absolute Gasteiger partial charge is 0.478 e. The molecule has 2 aliphatic heterocycles. The molecule has 0 radical (unpaired) electrons. The molecule has 5 nitrogen and oxygen atoms in total. The molecule has 0 unspecified atom stereocenters. The summed E-state index contributed by atoms with van der Waals surface area (Å²) in [4.78, 5) is 28.9. The molecule has 1 N–H and O–H groups in total. The second-order valence-electron chi connectivity index (χ2n) is 5.96. The van der Waals surface area contributed by atoms with E-state index in [0.29, 0.717) is 21.3 Å². The quantitative estimate of drug-likeness (QED) is 0.584. The summed E-state index contributed by atoms with van der Waals surface area (Å²) in [5, 5.41) is 9.97. The molecule has 0 spiro atoms. The number of fused-ring (bicyclic) bond motifs is 1. The zero-order valence-electron chi connectivity index (χ0n) is 14.2. The third-order valence-corrected chi connectivity index (χ3v) is 7.03. The van der Waals surface area contributed by atoms with E-state index in [1.165, 1.54) is 28.8 Å². The van der Waals surface area contributed by atoms with Gasteiger partial charge in [0, 0.05) is 17.7 Å². The van der Waals surface area contributed by atoms with Crippen LogP contribution in [0.2, 0.25) is 0 Å². The lowest BCUT2D eigenvalue weighted by Crippen LogP contribution is -2.41. The Bertz CT molecular complexity index is 1000. The second-order valence-corrected chi connectivity index (χ2v) is 8.60. The van der Waals surface area contributed by atoms with Crippen molar-refractivity contribution in [3.63, 3.8) is 0 Å². The van der Waals surface area contributed by atoms with Crippen LogP contribution in [0.5, 0.6) is 0 Å². The number of nitrogens with zero attached hydrogens (tertiary/aromatic N) is 2. The fourth-order valence-electron chi connectivity index (χ4n) is 2.97. The monoisotopic (exact) mass is 414 g/mol. The van der Waals surface area contributed by atoms with Crippen LogP contribution in [0.25, 0.3) is 0 Å². The fraction of sp³-hybridized carbons (Fsp3) is 0.105. The lowest BCUT2D eigenvalue weighted by atomic mass is 10.2. The van der Waals surface area contributed by atoms with Crippen molar-refractivity contribution in [1.82, 2.24) is 0 Å². The number of carbonyl (C=O) groups is 2. The molecule has 4 rings (SSSR count). The minimum absolute atomic E-state index is 0.163. The highest BCUT2D eigenvalue weighted by atomic mass is 32.2. The average molecular weight is 415 g/mol. The van der Waals surface area contributed by atoms with Gasteiger partial charge in [-0.15, -0.1) is 0 Å². The van der Waals surface area contributed by atoms with Crippen LogP contribution in [0.4, 0.5) is 11.4 Å². The van der Waals surface area contributed by atoms with Gasteiger partial charge in [-0.3, -0.25) is 9.69 Å². The standard InChI is InChI=1S/C19H14N2O3S3/c1-20-14-4-2-3-5-15(14)27-17(20)13-10-26-19(25)21(16(13)22)12-8-6-11(7-9-12)18(23)24/h2-9H,10H2,1H3,(H,23,24)/b17-13+. The van der Waals surface area contributed by atoms with Crippen LogP contribution in [-0.2, 0) is 4.79 Å². The van der Waals surface area contributed by atoms with Gasteiger partial charge in [0.05, 0.1) is 27.5 Å². The number of para-hydroxylation sites is 1. The van der Waals surface area contributed by atoms with Gasteiger partial charge in [0.1, 0.15) is 4.32 Å². The maximum atomic E-state index is 13.2. The van der Waals surface area contributed by atoms with E-state index in [2.05, 4.69) is 0 Å². The summed E-state index contributed by atoms with van der Waals surface area (Å²) in [7, 11) is 1.96. The Hall–Kier alpha value is -2.29. The molecular formula is C19H14N2O3S3. The zero-order valence-corrected chi connectivity index (χ0v) is 16.7. The molecule has 2 aromatic carbocycles. The molecule has 1 saturated heterocycles. The number of hydrogen-bond acceptors (Lipinski definition) is 6. The zero-order chi connectivity index (χ0) is 19.1. The number of hydrogen-bond donors (Lipinski definition) is 1. The molecule has 0 saturated carbocycles. The minimum atomic E-state index is -1.01. The number of carboxylic acid groups (broad SMARTS) is 1. The Labute approximate surface area is 170 Å². The van der Waals surface area contributed by atoms with Gasteiger partial charge in [-0.25, -0.2) is 4.79 Å². The summed E-state index contributed by atoms with van der Waals surface area (Å²) in [6.07, 6.45) is 0. The minimum Gasteiger partial charge on any atom is -0.478 e. The number of thioether (sulfide) groups is 2. The van der Waals surface area contributed by atoms with Gasteiger partial charge < -0.3 is 10.0 Å². The van der Waals surface area contributed by atoms with Gasteiger partial charge in [-0.05, 0) is 36.4 Å². The summed E-state index contributed by atoms with van der Waals surface area (Å²) >= 11 is 8.42. The maximum absolute atomic E-state index is 13.2. The van der Waals surface area contributed by atoms with Crippen molar-refractivity contribution in [2.45, 2.75) is 4.90 Å². The number of aromatic carboxylic acids is 1. The van der Waals surface area contributed by atoms with E-state index in [9.17, 15) is 9.59 Å². The molecule has 2 aromatic rings. The van der Waals surface area contributed by atoms with Crippen LogP contribution in [0, 0.1) is 0 Å². The Balaban J connectivity index is 1.71. The van der Waals surface area contributed by atoms with Crippen LogP contribution in [0.15, 0.2) is 64.0 Å². The summed E-state index contributed by atoms with van der Waals surface area (Å²) in [5.41, 5.74) is 2.51. The molecule has 136 valence electrons. The number of thiocarbonyl (C=S) groups is 1. The summed E-state index contributed by atoms with van der Waals surface area (Å²) in [6.45, 7) is 0. The van der Waals surface area contributed by atoms with E-state index in [1.54, 1.807) is 23.9 Å². The summed E-state index contributed by atoms with van der Waals surface area (Å²) in [5.74, 6) is -0.654. The first-order valence-electron chi connectivity index (χ1n) is 8.05. The third kappa shape index (κ3) is 3.13. The number of carboxylic acids is 1. The van der Waals surface area contributed by atoms with Gasteiger partial charge in [0.25, 0.3) is 5.91 Å². The molecule has 0 atom stereocenters. The first-order valence-corrected chi connectivity index (χ1v) is 10.3. The maximum Gasteiger partial charge on any atom is 0.335 e. The molecular weight excluding hydrogens is 400 g/mol. The normalized spacial score (nSPS) is 19.4. The van der Waals surface area contributed by atoms with Crippen LogP contribution >= 0.6 is 35.7 Å². The van der Waals surface area contributed by atoms with Crippen molar-refractivity contribution >= 4 is 63.3 Å². The molecule has 2 heterocycles. The molecule has 8 heteroatoms. The van der Waals surface area contributed by atoms with Crippen molar-refractivity contribution in [3.05, 3.63) is 64.7 Å². The Morgan fingerprint density at radius 1 is 1.15 bits per heavy atom. The van der Waals surface area contributed by atoms with E-state index < -0.39 is 5.97 Å². The highest BCUT2D eigenvalue weighted by Crippen LogP contribution is 2.47. The number of benzene rings is 2. The van der Waals surface area contributed by atoms with Crippen molar-refractivity contribution in [1.29, 1.82) is 0 Å². The van der Waals surface area contributed by atoms with Crippen molar-refractivity contribution in [2.24, 2.45) is 0 Å². The highest BCUT2D eigenvalue weighted by Gasteiger charge is 2.35. The molecule has 0 aromatic heterocycles. The molecule has 2 aliphatic rings. The SMILES string of the molecule is CN1/C(=C2/CSC(=S)N(c3ccc(C(=O)O)cc3)C2=O)Sc2ccccc21. The van der Waals surface area contributed by atoms with E-state index in [-0.39, 0.29) is 11.5 Å². The van der Waals surface area contributed by atoms with Gasteiger partial charge in [0.2, 0.25) is 0 Å². The Morgan fingerprint density at radius 2 is 1.85 bits per heavy atom. The predicted molar refractivity (Wildman–Crippen MR) is 114 cm³/mol. The van der Waals surface area contributed by atoms with E-state index in [4.69, 9.17) is 17.3 Å². The van der Waals surface area contributed by atoms with Crippen LogP contribution in [0.3, 0.4) is 0 Å². The van der Waals surface area contributed by atoms with Crippen molar-refractivity contribution in [2.75, 3.05) is 22.6 Å². The third-order valence-electron chi connectivity index (χ3n) is 4.35. The lowest BCUT2D eigenvalue weighted by molar-refractivity contribution is -0.114. The predicted octanol–water partition coefficient (Wildman–Crippen LogP) is 4.20. The van der Waals surface area contributed by atoms with E-state index in [0.717, 1.165) is 15.6 Å². The number of amides is 1. The first kappa shape index (κ1) is 18.1.